The predicted molar refractivity (Wildman–Crippen MR) is 225 cm³/mol. The molecule has 7 nitrogen and oxygen atoms in total. The lowest BCUT2D eigenvalue weighted by atomic mass is 10.0. The molecule has 0 saturated heterocycles. The van der Waals surface area contributed by atoms with Gasteiger partial charge in [0.15, 0.2) is 0 Å². The van der Waals surface area contributed by atoms with E-state index >= 15 is 0 Å². The van der Waals surface area contributed by atoms with Gasteiger partial charge in [-0.3, -0.25) is 9.59 Å². The van der Waals surface area contributed by atoms with Gasteiger partial charge in [-0.15, -0.1) is 0 Å². The van der Waals surface area contributed by atoms with Crippen molar-refractivity contribution in [3.8, 4) is 0 Å². The summed E-state index contributed by atoms with van der Waals surface area (Å²) in [6.07, 6.45) is 44.5. The molecule has 53 heavy (non-hydrogen) atoms. The fourth-order valence-corrected chi connectivity index (χ4v) is 7.39. The second-order valence-electron chi connectivity index (χ2n) is 16.2. The summed E-state index contributed by atoms with van der Waals surface area (Å²) in [5.41, 5.74) is 5.48. The van der Waals surface area contributed by atoms with Crippen molar-refractivity contribution in [2.45, 2.75) is 270 Å². The number of amides is 1. The Bertz CT molecular complexity index is 807. The molecular formula is C46H90N2O5. The minimum atomic E-state index is -1.00. The van der Waals surface area contributed by atoms with E-state index < -0.39 is 12.0 Å². The Morgan fingerprint density at radius 2 is 0.811 bits per heavy atom. The number of unbranched alkanes of at least 4 members (excludes halogenated alkanes) is 29. The van der Waals surface area contributed by atoms with Crippen molar-refractivity contribution in [2.75, 3.05) is 6.54 Å². The van der Waals surface area contributed by atoms with Crippen LogP contribution >= 0.6 is 0 Å². The van der Waals surface area contributed by atoms with Crippen LogP contribution in [-0.2, 0) is 19.1 Å². The maximum absolute atomic E-state index is 12.8. The Morgan fingerprint density at radius 1 is 0.472 bits per heavy atom. The summed E-state index contributed by atoms with van der Waals surface area (Å²) in [6, 6.07) is -0.851. The van der Waals surface area contributed by atoms with E-state index in [1.807, 2.05) is 0 Å². The number of carbonyl (C=O) groups excluding carboxylic acids is 2. The minimum absolute atomic E-state index is 0.0162. The minimum Gasteiger partial charge on any atom is -0.480 e. The van der Waals surface area contributed by atoms with Crippen molar-refractivity contribution in [1.29, 1.82) is 0 Å². The van der Waals surface area contributed by atoms with Gasteiger partial charge in [0.2, 0.25) is 5.91 Å². The number of nitrogens with two attached hydrogens (primary N) is 1. The topological polar surface area (TPSA) is 119 Å². The van der Waals surface area contributed by atoms with Crippen LogP contribution in [0.1, 0.15) is 258 Å². The number of rotatable bonds is 43. The van der Waals surface area contributed by atoms with E-state index in [9.17, 15) is 19.5 Å². The van der Waals surface area contributed by atoms with Crippen molar-refractivity contribution in [3.05, 3.63) is 0 Å². The van der Waals surface area contributed by atoms with E-state index in [-0.39, 0.29) is 18.0 Å². The number of carbonyl (C=O) groups is 3. The third-order valence-corrected chi connectivity index (χ3v) is 10.9. The second kappa shape index (κ2) is 41.5. The number of aliphatic carboxylic acids is 1. The maximum Gasteiger partial charge on any atom is 0.326 e. The smallest absolute Gasteiger partial charge is 0.326 e. The van der Waals surface area contributed by atoms with Crippen LogP contribution in [0, 0.1) is 0 Å². The van der Waals surface area contributed by atoms with Gasteiger partial charge in [-0.05, 0) is 57.9 Å². The number of carboxylic acid groups (broad SMARTS) is 1. The summed E-state index contributed by atoms with van der Waals surface area (Å²) in [4.78, 5) is 36.3. The average Bonchev–Trinajstić information content (AvgIpc) is 3.14. The molecule has 0 aliphatic carbocycles. The summed E-state index contributed by atoms with van der Waals surface area (Å²) in [5, 5.41) is 11.9. The fourth-order valence-electron chi connectivity index (χ4n) is 7.39. The SMILES string of the molecule is CCCCCCCCCCCCCCCCCCCCCCC(=O)OC(CCCCCCCCC)CCCCCCCC(=O)NC(CCCN)C(=O)O. The van der Waals surface area contributed by atoms with Crippen LogP contribution in [0.15, 0.2) is 0 Å². The summed E-state index contributed by atoms with van der Waals surface area (Å²) in [7, 11) is 0. The zero-order valence-electron chi connectivity index (χ0n) is 35.4. The van der Waals surface area contributed by atoms with Crippen LogP contribution in [0.4, 0.5) is 0 Å². The van der Waals surface area contributed by atoms with E-state index in [1.165, 1.54) is 154 Å². The molecular weight excluding hydrogens is 661 g/mol. The zero-order valence-corrected chi connectivity index (χ0v) is 35.4. The normalized spacial score (nSPS) is 12.5. The van der Waals surface area contributed by atoms with Gasteiger partial charge >= 0.3 is 11.9 Å². The van der Waals surface area contributed by atoms with Crippen molar-refractivity contribution < 1.29 is 24.2 Å². The molecule has 314 valence electrons. The van der Waals surface area contributed by atoms with E-state index in [4.69, 9.17) is 10.5 Å². The lowest BCUT2D eigenvalue weighted by Crippen LogP contribution is -2.40. The molecule has 0 aromatic rings. The van der Waals surface area contributed by atoms with E-state index in [0.29, 0.717) is 32.2 Å². The van der Waals surface area contributed by atoms with Crippen LogP contribution in [0.2, 0.25) is 0 Å². The van der Waals surface area contributed by atoms with Gasteiger partial charge in [-0.2, -0.15) is 0 Å². The highest BCUT2D eigenvalue weighted by atomic mass is 16.5. The summed E-state index contributed by atoms with van der Waals surface area (Å²) < 4.78 is 6.03. The third-order valence-electron chi connectivity index (χ3n) is 10.9. The number of hydrogen-bond donors (Lipinski definition) is 3. The van der Waals surface area contributed by atoms with Gasteiger partial charge in [0.05, 0.1) is 0 Å². The number of carboxylic acids is 1. The molecule has 0 bridgehead atoms. The Morgan fingerprint density at radius 3 is 1.17 bits per heavy atom. The molecule has 0 saturated carbocycles. The Balaban J connectivity index is 4.02. The first kappa shape index (κ1) is 51.4. The zero-order chi connectivity index (χ0) is 38.9. The van der Waals surface area contributed by atoms with E-state index in [1.54, 1.807) is 0 Å². The highest BCUT2D eigenvalue weighted by Crippen LogP contribution is 2.19. The summed E-state index contributed by atoms with van der Waals surface area (Å²) in [5.74, 6) is -1.21. The van der Waals surface area contributed by atoms with E-state index in [2.05, 4.69) is 19.2 Å². The molecule has 1 amide bonds. The Labute approximate surface area is 328 Å². The van der Waals surface area contributed by atoms with Gasteiger partial charge < -0.3 is 20.9 Å². The van der Waals surface area contributed by atoms with Gasteiger partial charge in [-0.25, -0.2) is 4.79 Å². The quantitative estimate of drug-likeness (QED) is 0.0422. The molecule has 0 aliphatic rings. The monoisotopic (exact) mass is 751 g/mol. The highest BCUT2D eigenvalue weighted by Gasteiger charge is 2.19. The number of hydrogen-bond acceptors (Lipinski definition) is 5. The lowest BCUT2D eigenvalue weighted by Gasteiger charge is -2.18. The number of ether oxygens (including phenoxy) is 1. The molecule has 2 unspecified atom stereocenters. The van der Waals surface area contributed by atoms with E-state index in [0.717, 1.165) is 64.2 Å². The van der Waals surface area contributed by atoms with Gasteiger partial charge in [0.1, 0.15) is 12.1 Å². The molecule has 0 rings (SSSR count). The molecule has 7 heteroatoms. The Hall–Kier alpha value is -1.63. The molecule has 4 N–H and O–H groups in total. The van der Waals surface area contributed by atoms with Crippen LogP contribution in [-0.4, -0.2) is 41.6 Å². The lowest BCUT2D eigenvalue weighted by molar-refractivity contribution is -0.150. The molecule has 0 spiro atoms. The van der Waals surface area contributed by atoms with Crippen molar-refractivity contribution in [3.63, 3.8) is 0 Å². The molecule has 0 aromatic heterocycles. The fraction of sp³-hybridized carbons (Fsp3) is 0.935. The summed E-state index contributed by atoms with van der Waals surface area (Å²) >= 11 is 0. The third kappa shape index (κ3) is 38.4. The summed E-state index contributed by atoms with van der Waals surface area (Å²) in [6.45, 7) is 4.95. The largest absolute Gasteiger partial charge is 0.480 e. The molecule has 0 aromatic carbocycles. The van der Waals surface area contributed by atoms with Crippen molar-refractivity contribution in [1.82, 2.24) is 5.32 Å². The highest BCUT2D eigenvalue weighted by molar-refractivity contribution is 5.83. The number of nitrogens with one attached hydrogen (secondary N) is 1. The first-order chi connectivity index (χ1) is 25.9. The molecule has 0 radical (unpaired) electrons. The van der Waals surface area contributed by atoms with Gasteiger partial charge in [0, 0.05) is 12.8 Å². The molecule has 2 atom stereocenters. The molecule has 0 aliphatic heterocycles. The first-order valence-corrected chi connectivity index (χ1v) is 23.4. The second-order valence-corrected chi connectivity index (χ2v) is 16.2. The predicted octanol–water partition coefficient (Wildman–Crippen LogP) is 13.3. The van der Waals surface area contributed by atoms with Crippen LogP contribution in [0.5, 0.6) is 0 Å². The van der Waals surface area contributed by atoms with Crippen molar-refractivity contribution in [2.24, 2.45) is 5.73 Å². The maximum atomic E-state index is 12.8. The van der Waals surface area contributed by atoms with Crippen LogP contribution < -0.4 is 11.1 Å². The van der Waals surface area contributed by atoms with Crippen LogP contribution in [0.3, 0.4) is 0 Å². The average molecular weight is 751 g/mol. The number of esters is 1. The van der Waals surface area contributed by atoms with Crippen molar-refractivity contribution >= 4 is 17.8 Å². The standard InChI is InChI=1S/C46H90N2O5/c1-3-5-7-9-11-12-13-14-15-16-17-18-19-20-21-22-23-25-30-34-40-45(50)53-42(36-31-27-24-10-8-6-4-2)37-32-28-26-29-33-39-44(49)48-43(46(51)52)38-35-41-47/h42-43H,3-41,47H2,1-2H3,(H,48,49)(H,51,52). The molecule has 0 fully saturated rings. The van der Waals surface area contributed by atoms with Crippen LogP contribution in [0.25, 0.3) is 0 Å². The first-order valence-electron chi connectivity index (χ1n) is 23.4. The van der Waals surface area contributed by atoms with Gasteiger partial charge in [-0.1, -0.05) is 194 Å². The molecule has 0 heterocycles. The Kier molecular flexibility index (Phi) is 40.3. The van der Waals surface area contributed by atoms with Gasteiger partial charge in [0.25, 0.3) is 0 Å².